The van der Waals surface area contributed by atoms with Crippen LogP contribution in [0, 0.1) is 0 Å². The standard InChI is InChI=1S/C17H14N2O4/c1-2-21-14-7-5-13(6-8-14)17(20)23-15-9-3-12(4-10-15)16-19-18-11-22-16/h3-11H,2H2,1H3. The molecule has 0 aliphatic heterocycles. The lowest BCUT2D eigenvalue weighted by Crippen LogP contribution is -2.08. The quantitative estimate of drug-likeness (QED) is 0.531. The van der Waals surface area contributed by atoms with E-state index in [1.165, 1.54) is 6.39 Å². The molecule has 116 valence electrons. The van der Waals surface area contributed by atoms with Crippen LogP contribution in [0.2, 0.25) is 0 Å². The second-order valence-corrected chi connectivity index (χ2v) is 4.62. The van der Waals surface area contributed by atoms with Gasteiger partial charge in [-0.1, -0.05) is 0 Å². The molecule has 0 amide bonds. The summed E-state index contributed by atoms with van der Waals surface area (Å²) >= 11 is 0. The highest BCUT2D eigenvalue weighted by molar-refractivity contribution is 5.91. The van der Waals surface area contributed by atoms with Gasteiger partial charge in [0.25, 0.3) is 0 Å². The topological polar surface area (TPSA) is 74.5 Å². The van der Waals surface area contributed by atoms with Crippen molar-refractivity contribution >= 4 is 5.97 Å². The van der Waals surface area contributed by atoms with Gasteiger partial charge in [-0.25, -0.2) is 4.79 Å². The van der Waals surface area contributed by atoms with Crippen LogP contribution in [-0.4, -0.2) is 22.8 Å². The predicted octanol–water partition coefficient (Wildman–Crippen LogP) is 3.35. The summed E-state index contributed by atoms with van der Waals surface area (Å²) in [7, 11) is 0. The van der Waals surface area contributed by atoms with Gasteiger partial charge in [0.05, 0.1) is 12.2 Å². The third kappa shape index (κ3) is 3.55. The largest absolute Gasteiger partial charge is 0.494 e. The van der Waals surface area contributed by atoms with Crippen LogP contribution in [0.15, 0.2) is 59.3 Å². The Morgan fingerprint density at radius 2 is 1.74 bits per heavy atom. The van der Waals surface area contributed by atoms with E-state index in [1.54, 1.807) is 48.5 Å². The lowest BCUT2D eigenvalue weighted by atomic mass is 10.2. The monoisotopic (exact) mass is 310 g/mol. The second kappa shape index (κ2) is 6.74. The van der Waals surface area contributed by atoms with E-state index < -0.39 is 5.97 Å². The first-order chi connectivity index (χ1) is 11.3. The van der Waals surface area contributed by atoms with Crippen molar-refractivity contribution in [2.24, 2.45) is 0 Å². The molecule has 0 atom stereocenters. The summed E-state index contributed by atoms with van der Waals surface area (Å²) in [6.07, 6.45) is 1.26. The lowest BCUT2D eigenvalue weighted by molar-refractivity contribution is 0.0735. The lowest BCUT2D eigenvalue weighted by Gasteiger charge is -2.06. The van der Waals surface area contributed by atoms with Gasteiger partial charge in [-0.15, -0.1) is 10.2 Å². The Morgan fingerprint density at radius 3 is 2.35 bits per heavy atom. The molecule has 0 radical (unpaired) electrons. The molecule has 3 rings (SSSR count). The van der Waals surface area contributed by atoms with E-state index in [9.17, 15) is 4.79 Å². The van der Waals surface area contributed by atoms with Crippen LogP contribution in [0.3, 0.4) is 0 Å². The summed E-state index contributed by atoms with van der Waals surface area (Å²) < 4.78 is 15.8. The molecule has 0 spiro atoms. The van der Waals surface area contributed by atoms with Gasteiger partial charge in [0.2, 0.25) is 12.3 Å². The van der Waals surface area contributed by atoms with Crippen LogP contribution < -0.4 is 9.47 Å². The zero-order valence-electron chi connectivity index (χ0n) is 12.4. The van der Waals surface area contributed by atoms with Crippen molar-refractivity contribution in [1.82, 2.24) is 10.2 Å². The van der Waals surface area contributed by atoms with Crippen LogP contribution in [0.4, 0.5) is 0 Å². The van der Waals surface area contributed by atoms with Crippen LogP contribution in [0.5, 0.6) is 11.5 Å². The number of esters is 1. The van der Waals surface area contributed by atoms with Crippen LogP contribution in [-0.2, 0) is 0 Å². The smallest absolute Gasteiger partial charge is 0.343 e. The molecule has 6 heteroatoms. The Bertz CT molecular complexity index is 765. The predicted molar refractivity (Wildman–Crippen MR) is 82.3 cm³/mol. The molecule has 0 fully saturated rings. The highest BCUT2D eigenvalue weighted by atomic mass is 16.5. The SMILES string of the molecule is CCOc1ccc(C(=O)Oc2ccc(-c3nnco3)cc2)cc1. The maximum absolute atomic E-state index is 12.1. The van der Waals surface area contributed by atoms with Gasteiger partial charge in [0.15, 0.2) is 0 Å². The molecule has 0 N–H and O–H groups in total. The second-order valence-electron chi connectivity index (χ2n) is 4.62. The molecule has 1 heterocycles. The fourth-order valence-electron chi connectivity index (χ4n) is 1.98. The molecule has 23 heavy (non-hydrogen) atoms. The van der Waals surface area contributed by atoms with Gasteiger partial charge in [-0.3, -0.25) is 0 Å². The van der Waals surface area contributed by atoms with E-state index in [4.69, 9.17) is 13.9 Å². The third-order valence-electron chi connectivity index (χ3n) is 3.07. The van der Waals surface area contributed by atoms with E-state index in [0.29, 0.717) is 29.6 Å². The van der Waals surface area contributed by atoms with E-state index in [1.807, 2.05) is 6.92 Å². The number of ether oxygens (including phenoxy) is 2. The minimum Gasteiger partial charge on any atom is -0.494 e. The van der Waals surface area contributed by atoms with Gasteiger partial charge < -0.3 is 13.9 Å². The zero-order chi connectivity index (χ0) is 16.1. The van der Waals surface area contributed by atoms with Crippen LogP contribution in [0.1, 0.15) is 17.3 Å². The van der Waals surface area contributed by atoms with Crippen molar-refractivity contribution in [3.8, 4) is 23.0 Å². The molecule has 0 bridgehead atoms. The Labute approximate surface area is 132 Å². The summed E-state index contributed by atoms with van der Waals surface area (Å²) in [5.74, 6) is 1.13. The normalized spacial score (nSPS) is 10.3. The average Bonchev–Trinajstić information content (AvgIpc) is 3.11. The highest BCUT2D eigenvalue weighted by Gasteiger charge is 2.10. The highest BCUT2D eigenvalue weighted by Crippen LogP contribution is 2.21. The Hall–Kier alpha value is -3.15. The molecule has 0 saturated heterocycles. The number of benzene rings is 2. The van der Waals surface area contributed by atoms with Crippen LogP contribution in [0.25, 0.3) is 11.5 Å². The van der Waals surface area contributed by atoms with E-state index in [-0.39, 0.29) is 0 Å². The molecule has 0 aliphatic rings. The number of hydrogen-bond acceptors (Lipinski definition) is 6. The molecular weight excluding hydrogens is 296 g/mol. The van der Waals surface area contributed by atoms with Crippen molar-refractivity contribution in [3.05, 3.63) is 60.5 Å². The molecule has 6 nitrogen and oxygen atoms in total. The van der Waals surface area contributed by atoms with Crippen LogP contribution >= 0.6 is 0 Å². The Balaban J connectivity index is 1.67. The Kier molecular flexibility index (Phi) is 4.33. The van der Waals surface area contributed by atoms with E-state index in [0.717, 1.165) is 5.56 Å². The van der Waals surface area contributed by atoms with Crippen molar-refractivity contribution < 1.29 is 18.7 Å². The van der Waals surface area contributed by atoms with Crippen molar-refractivity contribution in [2.75, 3.05) is 6.61 Å². The minimum atomic E-state index is -0.432. The number of carbonyl (C=O) groups excluding carboxylic acids is 1. The fraction of sp³-hybridized carbons (Fsp3) is 0.118. The number of nitrogens with zero attached hydrogens (tertiary/aromatic N) is 2. The summed E-state index contributed by atoms with van der Waals surface area (Å²) in [4.78, 5) is 12.1. The number of rotatable bonds is 5. The number of hydrogen-bond donors (Lipinski definition) is 0. The van der Waals surface area contributed by atoms with Crippen molar-refractivity contribution in [3.63, 3.8) is 0 Å². The van der Waals surface area contributed by atoms with Crippen molar-refractivity contribution in [1.29, 1.82) is 0 Å². The summed E-state index contributed by atoms with van der Waals surface area (Å²) in [5.41, 5.74) is 1.21. The molecule has 2 aromatic carbocycles. The number of aromatic nitrogens is 2. The van der Waals surface area contributed by atoms with E-state index >= 15 is 0 Å². The first-order valence-electron chi connectivity index (χ1n) is 7.08. The van der Waals surface area contributed by atoms with Gasteiger partial charge in [-0.2, -0.15) is 0 Å². The van der Waals surface area contributed by atoms with Crippen molar-refractivity contribution in [2.45, 2.75) is 6.92 Å². The molecular formula is C17H14N2O4. The summed E-state index contributed by atoms with van der Waals surface area (Å²) in [6, 6.07) is 13.6. The Morgan fingerprint density at radius 1 is 1.04 bits per heavy atom. The first kappa shape index (κ1) is 14.8. The van der Waals surface area contributed by atoms with Gasteiger partial charge in [-0.05, 0) is 55.5 Å². The molecule has 1 aromatic heterocycles. The zero-order valence-corrected chi connectivity index (χ0v) is 12.4. The van der Waals surface area contributed by atoms with E-state index in [2.05, 4.69) is 10.2 Å². The first-order valence-corrected chi connectivity index (χ1v) is 7.08. The van der Waals surface area contributed by atoms with Gasteiger partial charge in [0, 0.05) is 5.56 Å². The van der Waals surface area contributed by atoms with Gasteiger partial charge in [0.1, 0.15) is 11.5 Å². The third-order valence-corrected chi connectivity index (χ3v) is 3.07. The fourth-order valence-corrected chi connectivity index (χ4v) is 1.98. The summed E-state index contributed by atoms with van der Waals surface area (Å²) in [5, 5.41) is 7.43. The molecule has 0 unspecified atom stereocenters. The molecule has 0 saturated carbocycles. The summed E-state index contributed by atoms with van der Waals surface area (Å²) in [6.45, 7) is 2.48. The maximum Gasteiger partial charge on any atom is 0.343 e. The molecule has 3 aromatic rings. The maximum atomic E-state index is 12.1. The molecule has 0 aliphatic carbocycles. The number of carbonyl (C=O) groups is 1. The minimum absolute atomic E-state index is 0.411. The average molecular weight is 310 g/mol. The van der Waals surface area contributed by atoms with Gasteiger partial charge >= 0.3 is 5.97 Å².